The number of ketones is 1. The normalized spacial score (nSPS) is 36.6. The Balaban J connectivity index is 2.28. The number of hydrogen-bond donors (Lipinski definition) is 11. The molecule has 2 saturated heterocycles. The average Bonchev–Trinajstić information content (AvgIpc) is 2.83. The first-order chi connectivity index (χ1) is 17.3. The molecule has 10 atom stereocenters. The first kappa shape index (κ1) is 29.4. The first-order valence-corrected chi connectivity index (χ1v) is 11.7. The maximum absolute atomic E-state index is 13.0. The van der Waals surface area contributed by atoms with Crippen LogP contribution in [0.4, 0.5) is 0 Å². The van der Waals surface area contributed by atoms with Gasteiger partial charge in [0.1, 0.15) is 83.9 Å². The SMILES string of the molecule is CC(C)CC(=O)c1c(O)c(C2O[C@H](CO)[C@H](O)[C@@H](O)[C@H]2O)c(O)c([C@@H]2O[C@H](CO)[C@H](O)[C@@H](O)[C@H]2O)c1O. The van der Waals surface area contributed by atoms with Crippen molar-refractivity contribution in [1.29, 1.82) is 0 Å². The summed E-state index contributed by atoms with van der Waals surface area (Å²) in [5.74, 6) is -4.27. The fraction of sp³-hybridized carbons (Fsp3) is 0.696. The summed E-state index contributed by atoms with van der Waals surface area (Å²) in [4.78, 5) is 13.0. The Hall–Kier alpha value is -2.11. The summed E-state index contributed by atoms with van der Waals surface area (Å²) in [6.45, 7) is 1.65. The van der Waals surface area contributed by atoms with E-state index in [2.05, 4.69) is 0 Å². The zero-order valence-corrected chi connectivity index (χ0v) is 20.1. The van der Waals surface area contributed by atoms with Crippen LogP contribution in [0.15, 0.2) is 0 Å². The van der Waals surface area contributed by atoms with Gasteiger partial charge in [-0.2, -0.15) is 0 Å². The van der Waals surface area contributed by atoms with E-state index in [0.717, 1.165) is 0 Å². The average molecular weight is 535 g/mol. The second kappa shape index (κ2) is 11.3. The molecule has 2 heterocycles. The molecule has 210 valence electrons. The van der Waals surface area contributed by atoms with E-state index in [1.165, 1.54) is 0 Å². The monoisotopic (exact) mass is 534 g/mol. The molecular weight excluding hydrogens is 500 g/mol. The third-order valence-corrected chi connectivity index (χ3v) is 6.72. The molecule has 0 amide bonds. The molecule has 0 aromatic heterocycles. The van der Waals surface area contributed by atoms with Gasteiger partial charge < -0.3 is 65.6 Å². The van der Waals surface area contributed by atoms with Crippen LogP contribution in [0.3, 0.4) is 0 Å². The van der Waals surface area contributed by atoms with E-state index in [1.807, 2.05) is 0 Å². The van der Waals surface area contributed by atoms with E-state index in [9.17, 15) is 61.0 Å². The topological polar surface area (TPSA) is 258 Å². The van der Waals surface area contributed by atoms with Crippen LogP contribution >= 0.6 is 0 Å². The molecule has 3 rings (SSSR count). The van der Waals surface area contributed by atoms with Crippen LogP contribution in [0.2, 0.25) is 0 Å². The molecule has 1 unspecified atom stereocenters. The van der Waals surface area contributed by atoms with Gasteiger partial charge in [0.05, 0.1) is 24.3 Å². The standard InChI is InChI=1S/C23H34O14/c1-6(2)3-7(26)10-15(29)11(22-20(34)18(32)13(27)8(4-24)36-22)17(31)12(16(10)30)23-21(35)19(33)14(28)9(5-25)37-23/h6,8-9,13-14,18-25,27-35H,3-5H2,1-2H3/t8-,9-,13+,14+,18-,19-,20-,21-,22+,23?/m1/s1. The molecule has 37 heavy (non-hydrogen) atoms. The van der Waals surface area contributed by atoms with Gasteiger partial charge in [0.2, 0.25) is 0 Å². The molecular formula is C23H34O14. The van der Waals surface area contributed by atoms with Crippen molar-refractivity contribution in [3.05, 3.63) is 16.7 Å². The molecule has 14 nitrogen and oxygen atoms in total. The molecule has 0 spiro atoms. The van der Waals surface area contributed by atoms with Gasteiger partial charge in [0, 0.05) is 6.42 Å². The van der Waals surface area contributed by atoms with Gasteiger partial charge >= 0.3 is 0 Å². The summed E-state index contributed by atoms with van der Waals surface area (Å²) in [6.07, 6.45) is -18.4. The Kier molecular flexibility index (Phi) is 9.01. The van der Waals surface area contributed by atoms with Gasteiger partial charge in [0.15, 0.2) is 5.78 Å². The Morgan fingerprint density at radius 1 is 0.676 bits per heavy atom. The van der Waals surface area contributed by atoms with Gasteiger partial charge in [-0.25, -0.2) is 0 Å². The third kappa shape index (κ3) is 5.14. The lowest BCUT2D eigenvalue weighted by molar-refractivity contribution is -0.234. The van der Waals surface area contributed by atoms with Gasteiger partial charge in [-0.15, -0.1) is 0 Å². The van der Waals surface area contributed by atoms with Crippen LogP contribution in [0, 0.1) is 5.92 Å². The minimum Gasteiger partial charge on any atom is -0.507 e. The number of phenolic OH excluding ortho intramolecular Hbond substituents is 3. The largest absolute Gasteiger partial charge is 0.507 e. The number of phenols is 3. The Labute approximate surface area is 211 Å². The second-order valence-corrected chi connectivity index (χ2v) is 9.77. The lowest BCUT2D eigenvalue weighted by Gasteiger charge is -2.42. The van der Waals surface area contributed by atoms with Crippen LogP contribution in [0.1, 0.15) is 54.0 Å². The molecule has 1 aromatic carbocycles. The summed E-state index contributed by atoms with van der Waals surface area (Å²) < 4.78 is 10.9. The van der Waals surface area contributed by atoms with Crippen molar-refractivity contribution in [1.82, 2.24) is 0 Å². The quantitative estimate of drug-likeness (QED) is 0.156. The highest BCUT2D eigenvalue weighted by molar-refractivity contribution is 6.02. The van der Waals surface area contributed by atoms with E-state index in [1.54, 1.807) is 13.8 Å². The second-order valence-electron chi connectivity index (χ2n) is 9.77. The van der Waals surface area contributed by atoms with Gasteiger partial charge in [-0.3, -0.25) is 4.79 Å². The predicted molar refractivity (Wildman–Crippen MR) is 121 cm³/mol. The third-order valence-electron chi connectivity index (χ3n) is 6.72. The molecule has 0 saturated carbocycles. The van der Waals surface area contributed by atoms with Crippen LogP contribution in [0.5, 0.6) is 17.2 Å². The van der Waals surface area contributed by atoms with Crippen molar-refractivity contribution in [3.8, 4) is 17.2 Å². The minimum absolute atomic E-state index is 0.214. The van der Waals surface area contributed by atoms with E-state index >= 15 is 0 Å². The van der Waals surface area contributed by atoms with Gasteiger partial charge in [-0.1, -0.05) is 13.8 Å². The summed E-state index contributed by atoms with van der Waals surface area (Å²) in [7, 11) is 0. The summed E-state index contributed by atoms with van der Waals surface area (Å²) in [5, 5.41) is 114. The highest BCUT2D eigenvalue weighted by atomic mass is 16.6. The summed E-state index contributed by atoms with van der Waals surface area (Å²) >= 11 is 0. The number of aromatic hydroxyl groups is 3. The first-order valence-electron chi connectivity index (χ1n) is 11.7. The fourth-order valence-electron chi connectivity index (χ4n) is 4.71. The molecule has 0 bridgehead atoms. The molecule has 14 heteroatoms. The lowest BCUT2D eigenvalue weighted by atomic mass is 9.83. The van der Waals surface area contributed by atoms with Crippen molar-refractivity contribution in [2.75, 3.05) is 13.2 Å². The Bertz CT molecular complexity index is 916. The summed E-state index contributed by atoms with van der Waals surface area (Å²) in [6, 6.07) is 0. The predicted octanol–water partition coefficient (Wildman–Crippen LogP) is -2.94. The zero-order chi connectivity index (χ0) is 27.9. The highest BCUT2D eigenvalue weighted by Crippen LogP contribution is 2.53. The van der Waals surface area contributed by atoms with Crippen LogP contribution < -0.4 is 0 Å². The number of Topliss-reactive ketones (excluding diaryl/α,β-unsaturated/α-hetero) is 1. The summed E-state index contributed by atoms with van der Waals surface area (Å²) in [5.41, 5.74) is -2.24. The molecule has 2 aliphatic heterocycles. The molecule has 0 aliphatic carbocycles. The van der Waals surface area contributed by atoms with Crippen molar-refractivity contribution >= 4 is 5.78 Å². The molecule has 1 aromatic rings. The fourth-order valence-corrected chi connectivity index (χ4v) is 4.71. The van der Waals surface area contributed by atoms with Gasteiger partial charge in [0.25, 0.3) is 0 Å². The number of aliphatic hydroxyl groups is 8. The molecule has 2 fully saturated rings. The van der Waals surface area contributed by atoms with Crippen molar-refractivity contribution < 1.29 is 70.4 Å². The molecule has 11 N–H and O–H groups in total. The van der Waals surface area contributed by atoms with Crippen LogP contribution in [-0.2, 0) is 9.47 Å². The maximum Gasteiger partial charge on any atom is 0.170 e. The van der Waals surface area contributed by atoms with E-state index in [-0.39, 0.29) is 12.3 Å². The Morgan fingerprint density at radius 3 is 1.38 bits per heavy atom. The minimum atomic E-state index is -2.02. The molecule has 0 radical (unpaired) electrons. The number of aliphatic hydroxyl groups excluding tert-OH is 8. The number of hydrogen-bond acceptors (Lipinski definition) is 14. The number of rotatable bonds is 7. The van der Waals surface area contributed by atoms with Crippen LogP contribution in [-0.4, -0.2) is 124 Å². The van der Waals surface area contributed by atoms with Crippen molar-refractivity contribution in [2.45, 2.75) is 81.3 Å². The zero-order valence-electron chi connectivity index (χ0n) is 20.1. The maximum atomic E-state index is 13.0. The number of carbonyl (C=O) groups is 1. The lowest BCUT2D eigenvalue weighted by Crippen LogP contribution is -2.55. The van der Waals surface area contributed by atoms with E-state index in [0.29, 0.717) is 0 Å². The highest BCUT2D eigenvalue weighted by Gasteiger charge is 2.50. The number of ether oxygens (including phenoxy) is 2. The Morgan fingerprint density at radius 2 is 1.05 bits per heavy atom. The van der Waals surface area contributed by atoms with Crippen LogP contribution in [0.25, 0.3) is 0 Å². The number of carbonyl (C=O) groups excluding carboxylic acids is 1. The van der Waals surface area contributed by atoms with Crippen molar-refractivity contribution in [3.63, 3.8) is 0 Å². The van der Waals surface area contributed by atoms with E-state index in [4.69, 9.17) is 9.47 Å². The molecule has 2 aliphatic rings. The van der Waals surface area contributed by atoms with E-state index < -0.39 is 114 Å². The smallest absolute Gasteiger partial charge is 0.170 e. The number of benzene rings is 1. The van der Waals surface area contributed by atoms with Gasteiger partial charge in [-0.05, 0) is 5.92 Å². The van der Waals surface area contributed by atoms with Crippen molar-refractivity contribution in [2.24, 2.45) is 5.92 Å².